The van der Waals surface area contributed by atoms with Gasteiger partial charge in [0.2, 0.25) is 0 Å². The Morgan fingerprint density at radius 2 is 1.74 bits per heavy atom. The van der Waals surface area contributed by atoms with Gasteiger partial charge in [-0.05, 0) is 18.2 Å². The average molecular weight is 283 g/mol. The molecule has 0 aliphatic heterocycles. The molecule has 0 aromatic heterocycles. The molecular weight excluding hydrogens is 271 g/mol. The lowest BCUT2D eigenvalue weighted by atomic mass is 10.1. The molecule has 0 saturated carbocycles. The van der Waals surface area contributed by atoms with Gasteiger partial charge in [-0.1, -0.05) is 30.3 Å². The zero-order valence-electron chi connectivity index (χ0n) is 9.95. The highest BCUT2D eigenvalue weighted by atomic mass is 32.2. The lowest BCUT2D eigenvalue weighted by Crippen LogP contribution is -2.16. The summed E-state index contributed by atoms with van der Waals surface area (Å²) >= 11 is 0.848. The van der Waals surface area contributed by atoms with Crippen LogP contribution in [-0.4, -0.2) is 5.75 Å². The van der Waals surface area contributed by atoms with Crippen LogP contribution in [0.15, 0.2) is 53.4 Å². The zero-order chi connectivity index (χ0) is 13.9. The first-order valence-electron chi connectivity index (χ1n) is 5.60. The number of benzene rings is 2. The summed E-state index contributed by atoms with van der Waals surface area (Å²) in [6.45, 7) is 0. The average Bonchev–Trinajstić information content (AvgIpc) is 2.41. The van der Waals surface area contributed by atoms with E-state index in [0.717, 1.165) is 11.8 Å². The second-order valence-corrected chi connectivity index (χ2v) is 5.06. The summed E-state index contributed by atoms with van der Waals surface area (Å²) in [5, 5.41) is 0. The van der Waals surface area contributed by atoms with Crippen molar-refractivity contribution in [1.82, 2.24) is 0 Å². The lowest BCUT2D eigenvalue weighted by Gasteiger charge is -2.16. The first-order valence-corrected chi connectivity index (χ1v) is 6.59. The van der Waals surface area contributed by atoms with Gasteiger partial charge in [0.05, 0.1) is 5.75 Å². The fourth-order valence-corrected chi connectivity index (χ4v) is 2.50. The van der Waals surface area contributed by atoms with Gasteiger partial charge >= 0.3 is 0 Å². The largest absolute Gasteiger partial charge is 0.398 e. The first-order chi connectivity index (χ1) is 8.99. The molecule has 0 heterocycles. The van der Waals surface area contributed by atoms with Crippen molar-refractivity contribution in [3.63, 3.8) is 0 Å². The first kappa shape index (κ1) is 13.8. The Bertz CT molecular complexity index is 558. The Hall–Kier alpha value is -1.62. The van der Waals surface area contributed by atoms with E-state index in [9.17, 15) is 13.2 Å². The molecule has 100 valence electrons. The van der Waals surface area contributed by atoms with E-state index in [1.807, 2.05) is 0 Å². The van der Waals surface area contributed by atoms with E-state index < -0.39 is 17.5 Å². The number of hydrogen-bond donors (Lipinski definition) is 1. The molecule has 2 aromatic rings. The number of thioether (sulfide) groups is 1. The van der Waals surface area contributed by atoms with Crippen molar-refractivity contribution in [2.75, 3.05) is 11.5 Å². The quantitative estimate of drug-likeness (QED) is 0.669. The number of rotatable bonds is 4. The van der Waals surface area contributed by atoms with Gasteiger partial charge in [0.25, 0.3) is 5.92 Å². The molecule has 0 aliphatic carbocycles. The van der Waals surface area contributed by atoms with Crippen LogP contribution in [0.25, 0.3) is 0 Å². The van der Waals surface area contributed by atoms with Crippen molar-refractivity contribution in [3.05, 3.63) is 59.9 Å². The van der Waals surface area contributed by atoms with Gasteiger partial charge < -0.3 is 5.73 Å². The number of hydrogen-bond acceptors (Lipinski definition) is 2. The fraction of sp³-hybridized carbons (Fsp3) is 0.143. The number of anilines is 1. The molecule has 0 saturated heterocycles. The van der Waals surface area contributed by atoms with Crippen LogP contribution in [0.5, 0.6) is 0 Å². The highest BCUT2D eigenvalue weighted by molar-refractivity contribution is 7.99. The smallest absolute Gasteiger partial charge is 0.282 e. The Morgan fingerprint density at radius 1 is 1.05 bits per heavy atom. The van der Waals surface area contributed by atoms with Crippen LogP contribution in [0.1, 0.15) is 5.56 Å². The van der Waals surface area contributed by atoms with E-state index in [1.165, 1.54) is 30.3 Å². The molecule has 1 nitrogen and oxygen atoms in total. The van der Waals surface area contributed by atoms with E-state index in [-0.39, 0.29) is 5.56 Å². The minimum Gasteiger partial charge on any atom is -0.398 e. The second kappa shape index (κ2) is 5.57. The van der Waals surface area contributed by atoms with Crippen molar-refractivity contribution in [1.29, 1.82) is 0 Å². The van der Waals surface area contributed by atoms with Crippen molar-refractivity contribution >= 4 is 17.4 Å². The van der Waals surface area contributed by atoms with E-state index in [2.05, 4.69) is 0 Å². The van der Waals surface area contributed by atoms with E-state index >= 15 is 0 Å². The van der Waals surface area contributed by atoms with Crippen LogP contribution in [0.4, 0.5) is 18.9 Å². The molecule has 2 N–H and O–H groups in total. The van der Waals surface area contributed by atoms with Gasteiger partial charge in [-0.3, -0.25) is 0 Å². The van der Waals surface area contributed by atoms with Crippen LogP contribution in [0.2, 0.25) is 0 Å². The lowest BCUT2D eigenvalue weighted by molar-refractivity contribution is 0.0232. The van der Waals surface area contributed by atoms with Crippen molar-refractivity contribution < 1.29 is 13.2 Å². The van der Waals surface area contributed by atoms with Gasteiger partial charge in [-0.25, -0.2) is 13.2 Å². The highest BCUT2D eigenvalue weighted by Gasteiger charge is 2.31. The Balaban J connectivity index is 2.12. The molecule has 0 amide bonds. The molecular formula is C14H12F3NS. The van der Waals surface area contributed by atoms with Crippen LogP contribution in [0.3, 0.4) is 0 Å². The summed E-state index contributed by atoms with van der Waals surface area (Å²) in [5.41, 5.74) is 5.87. The SMILES string of the molecule is Nc1ccc(F)cc1SCC(F)(F)c1ccccc1. The Labute approximate surface area is 113 Å². The van der Waals surface area contributed by atoms with Crippen molar-refractivity contribution in [3.8, 4) is 0 Å². The third-order valence-electron chi connectivity index (χ3n) is 2.58. The van der Waals surface area contributed by atoms with Gasteiger partial charge in [-0.15, -0.1) is 11.8 Å². The summed E-state index contributed by atoms with van der Waals surface area (Å²) < 4.78 is 40.9. The highest BCUT2D eigenvalue weighted by Crippen LogP contribution is 2.36. The predicted octanol–water partition coefficient (Wildman–Crippen LogP) is 4.29. The third-order valence-corrected chi connectivity index (χ3v) is 3.75. The summed E-state index contributed by atoms with van der Waals surface area (Å²) in [6, 6.07) is 11.3. The van der Waals surface area contributed by atoms with Crippen LogP contribution >= 0.6 is 11.8 Å². The maximum absolute atomic E-state index is 13.9. The van der Waals surface area contributed by atoms with Crippen molar-refractivity contribution in [2.45, 2.75) is 10.8 Å². The zero-order valence-corrected chi connectivity index (χ0v) is 10.8. The standard InChI is InChI=1S/C14H12F3NS/c15-11-6-7-12(18)13(8-11)19-9-14(16,17)10-4-2-1-3-5-10/h1-8H,9,18H2. The molecule has 5 heteroatoms. The summed E-state index contributed by atoms with van der Waals surface area (Å²) in [4.78, 5) is 0.329. The normalized spacial score (nSPS) is 11.5. The fourth-order valence-electron chi connectivity index (χ4n) is 1.57. The van der Waals surface area contributed by atoms with Gasteiger partial charge in [-0.2, -0.15) is 0 Å². The van der Waals surface area contributed by atoms with Gasteiger partial charge in [0, 0.05) is 16.1 Å². The van der Waals surface area contributed by atoms with Gasteiger partial charge in [0.15, 0.2) is 0 Å². The Kier molecular flexibility index (Phi) is 4.04. The maximum atomic E-state index is 13.9. The maximum Gasteiger partial charge on any atom is 0.282 e. The van der Waals surface area contributed by atoms with Crippen LogP contribution in [0, 0.1) is 5.82 Å². The molecule has 0 unspecified atom stereocenters. The molecule has 0 spiro atoms. The Morgan fingerprint density at radius 3 is 2.42 bits per heavy atom. The molecule has 2 aromatic carbocycles. The van der Waals surface area contributed by atoms with E-state index in [0.29, 0.717) is 10.6 Å². The molecule has 0 aliphatic rings. The number of halogens is 3. The van der Waals surface area contributed by atoms with Gasteiger partial charge in [0.1, 0.15) is 5.82 Å². The summed E-state index contributed by atoms with van der Waals surface area (Å²) in [6.07, 6.45) is 0. The number of nitrogen functional groups attached to an aromatic ring is 1. The van der Waals surface area contributed by atoms with Crippen LogP contribution < -0.4 is 5.73 Å². The minimum absolute atomic E-state index is 0.0579. The van der Waals surface area contributed by atoms with Crippen molar-refractivity contribution in [2.24, 2.45) is 0 Å². The summed E-state index contributed by atoms with van der Waals surface area (Å²) in [5.74, 6) is -3.95. The molecule has 2 rings (SSSR count). The molecule has 0 radical (unpaired) electrons. The monoisotopic (exact) mass is 283 g/mol. The summed E-state index contributed by atoms with van der Waals surface area (Å²) in [7, 11) is 0. The molecule has 0 fully saturated rings. The van der Waals surface area contributed by atoms with Crippen LogP contribution in [-0.2, 0) is 5.92 Å². The van der Waals surface area contributed by atoms with E-state index in [1.54, 1.807) is 18.2 Å². The molecule has 0 atom stereocenters. The van der Waals surface area contributed by atoms with E-state index in [4.69, 9.17) is 5.73 Å². The third kappa shape index (κ3) is 3.44. The molecule has 19 heavy (non-hydrogen) atoms. The number of nitrogens with two attached hydrogens (primary N) is 1. The molecule has 0 bridgehead atoms. The minimum atomic E-state index is -2.98. The second-order valence-electron chi connectivity index (χ2n) is 4.04. The predicted molar refractivity (Wildman–Crippen MR) is 71.9 cm³/mol. The number of alkyl halides is 2. The topological polar surface area (TPSA) is 26.0 Å².